The summed E-state index contributed by atoms with van der Waals surface area (Å²) in [6.45, 7) is 0. The van der Waals surface area contributed by atoms with Gasteiger partial charge in [-0.3, -0.25) is 0 Å². The van der Waals surface area contributed by atoms with Crippen LogP contribution in [0.15, 0.2) is 190 Å². The number of furan rings is 1. The maximum atomic E-state index is 6.72. The minimum atomic E-state index is -0.391. The number of nitrogens with one attached hydrogen (secondary N) is 1. The number of thiophene rings is 1. The minimum Gasteiger partial charge on any atom is -0.456 e. The molecule has 1 aliphatic rings. The summed E-state index contributed by atoms with van der Waals surface area (Å²) in [5, 5.41) is 10.7. The van der Waals surface area contributed by atoms with Crippen molar-refractivity contribution in [2.75, 3.05) is 0 Å². The Morgan fingerprint density at radius 2 is 1.13 bits per heavy atom. The fourth-order valence-corrected chi connectivity index (χ4v) is 9.06. The van der Waals surface area contributed by atoms with Crippen LogP contribution in [0.25, 0.3) is 75.1 Å². The van der Waals surface area contributed by atoms with Gasteiger partial charge in [-0.25, -0.2) is 9.98 Å². The third-order valence-corrected chi connectivity index (χ3v) is 11.7. The number of fused-ring (bicyclic) bond motifs is 7. The fraction of sp³-hybridized carbons (Fsp3) is 0.0204. The summed E-state index contributed by atoms with van der Waals surface area (Å²) in [5.74, 6) is 1.44. The first-order valence-corrected chi connectivity index (χ1v) is 19.0. The van der Waals surface area contributed by atoms with E-state index in [1.165, 1.54) is 31.1 Å². The number of aliphatic imine (C=N–C) groups is 2. The molecule has 11 rings (SSSR count). The molecule has 0 fully saturated rings. The summed E-state index contributed by atoms with van der Waals surface area (Å²) < 4.78 is 9.22. The molecule has 0 aliphatic carbocycles. The molecule has 2 aromatic heterocycles. The van der Waals surface area contributed by atoms with Crippen molar-refractivity contribution < 1.29 is 4.42 Å². The Balaban J connectivity index is 1.15. The summed E-state index contributed by atoms with van der Waals surface area (Å²) in [4.78, 5) is 10.8. The van der Waals surface area contributed by atoms with Gasteiger partial charge >= 0.3 is 0 Å². The molecular formula is C49H31N3OS. The molecule has 1 N–H and O–H groups in total. The third-order valence-electron chi connectivity index (χ3n) is 10.5. The molecule has 54 heavy (non-hydrogen) atoms. The highest BCUT2D eigenvalue weighted by Crippen LogP contribution is 2.41. The van der Waals surface area contributed by atoms with Crippen LogP contribution in [-0.2, 0) is 0 Å². The minimum absolute atomic E-state index is 0.391. The van der Waals surface area contributed by atoms with Crippen molar-refractivity contribution in [3.63, 3.8) is 0 Å². The van der Waals surface area contributed by atoms with E-state index in [-0.39, 0.29) is 0 Å². The van der Waals surface area contributed by atoms with Crippen molar-refractivity contribution >= 4 is 75.9 Å². The van der Waals surface area contributed by atoms with Gasteiger partial charge < -0.3 is 9.73 Å². The van der Waals surface area contributed by atoms with E-state index in [1.54, 1.807) is 0 Å². The molecule has 5 heteroatoms. The molecule has 0 amide bonds. The Labute approximate surface area is 315 Å². The van der Waals surface area contributed by atoms with Gasteiger partial charge in [-0.15, -0.1) is 11.3 Å². The van der Waals surface area contributed by atoms with Gasteiger partial charge in [-0.2, -0.15) is 0 Å². The fourth-order valence-electron chi connectivity index (χ4n) is 7.92. The Hall–Kier alpha value is -6.82. The van der Waals surface area contributed by atoms with Crippen molar-refractivity contribution in [2.45, 2.75) is 6.17 Å². The van der Waals surface area contributed by atoms with Crippen LogP contribution in [-0.4, -0.2) is 11.7 Å². The molecule has 3 heterocycles. The summed E-state index contributed by atoms with van der Waals surface area (Å²) in [6.07, 6.45) is -0.391. The Morgan fingerprint density at radius 3 is 1.93 bits per heavy atom. The molecule has 1 aliphatic heterocycles. The van der Waals surface area contributed by atoms with Gasteiger partial charge in [-0.1, -0.05) is 140 Å². The molecule has 0 bridgehead atoms. The van der Waals surface area contributed by atoms with Crippen LogP contribution in [0, 0.1) is 0 Å². The van der Waals surface area contributed by atoms with Crippen LogP contribution in [0.4, 0.5) is 0 Å². The molecule has 0 spiro atoms. The summed E-state index contributed by atoms with van der Waals surface area (Å²) in [5.41, 5.74) is 9.22. The molecular weight excluding hydrogens is 679 g/mol. The molecule has 0 saturated carbocycles. The Bertz CT molecular complexity index is 3120. The predicted molar refractivity (Wildman–Crippen MR) is 227 cm³/mol. The Kier molecular flexibility index (Phi) is 7.07. The quantitative estimate of drug-likeness (QED) is 0.193. The van der Waals surface area contributed by atoms with Crippen LogP contribution < -0.4 is 5.32 Å². The highest BCUT2D eigenvalue weighted by atomic mass is 32.1. The van der Waals surface area contributed by atoms with Gasteiger partial charge in [0.2, 0.25) is 0 Å². The number of hydrogen-bond donors (Lipinski definition) is 1. The third kappa shape index (κ3) is 5.12. The molecule has 1 atom stereocenters. The summed E-state index contributed by atoms with van der Waals surface area (Å²) >= 11 is 1.82. The van der Waals surface area contributed by atoms with Crippen LogP contribution in [0.1, 0.15) is 22.9 Å². The molecule has 0 radical (unpaired) electrons. The van der Waals surface area contributed by atoms with Gasteiger partial charge in [0.05, 0.1) is 0 Å². The zero-order chi connectivity index (χ0) is 35.6. The number of amidine groups is 2. The van der Waals surface area contributed by atoms with E-state index in [4.69, 9.17) is 14.4 Å². The molecule has 0 saturated heterocycles. The largest absolute Gasteiger partial charge is 0.456 e. The normalized spacial score (nSPS) is 14.5. The van der Waals surface area contributed by atoms with Gasteiger partial charge in [0.15, 0.2) is 5.84 Å². The van der Waals surface area contributed by atoms with Crippen LogP contribution in [0.3, 0.4) is 0 Å². The average molecular weight is 710 g/mol. The van der Waals surface area contributed by atoms with E-state index >= 15 is 0 Å². The van der Waals surface area contributed by atoms with Gasteiger partial charge in [-0.05, 0) is 69.4 Å². The molecule has 4 nitrogen and oxygen atoms in total. The average Bonchev–Trinajstić information content (AvgIpc) is 3.81. The van der Waals surface area contributed by atoms with Crippen molar-refractivity contribution in [1.29, 1.82) is 0 Å². The van der Waals surface area contributed by atoms with E-state index in [2.05, 4.69) is 169 Å². The molecule has 10 aromatic rings. The Morgan fingerprint density at radius 1 is 0.481 bits per heavy atom. The molecule has 254 valence electrons. The number of rotatable bonds is 5. The first-order valence-electron chi connectivity index (χ1n) is 18.2. The van der Waals surface area contributed by atoms with Crippen molar-refractivity contribution in [2.24, 2.45) is 9.98 Å². The lowest BCUT2D eigenvalue weighted by atomic mass is 9.96. The second kappa shape index (κ2) is 12.4. The predicted octanol–water partition coefficient (Wildman–Crippen LogP) is 12.9. The van der Waals surface area contributed by atoms with Crippen LogP contribution >= 0.6 is 11.3 Å². The lowest BCUT2D eigenvalue weighted by Gasteiger charge is -2.25. The van der Waals surface area contributed by atoms with E-state index in [0.29, 0.717) is 5.84 Å². The molecule has 1 unspecified atom stereocenters. The van der Waals surface area contributed by atoms with E-state index < -0.39 is 6.17 Å². The van der Waals surface area contributed by atoms with Crippen molar-refractivity contribution in [3.8, 4) is 22.3 Å². The first-order chi connectivity index (χ1) is 26.7. The number of hydrogen-bond acceptors (Lipinski definition) is 5. The summed E-state index contributed by atoms with van der Waals surface area (Å²) in [6, 6.07) is 62.0. The van der Waals surface area contributed by atoms with Crippen LogP contribution in [0.2, 0.25) is 0 Å². The maximum absolute atomic E-state index is 6.72. The van der Waals surface area contributed by atoms with Gasteiger partial charge in [0, 0.05) is 47.6 Å². The maximum Gasteiger partial charge on any atom is 0.159 e. The highest BCUT2D eigenvalue weighted by Gasteiger charge is 2.27. The van der Waals surface area contributed by atoms with Crippen molar-refractivity contribution in [3.05, 3.63) is 193 Å². The SMILES string of the molecule is c1ccc(-c2ccc(C3=NC(c4cccc5sc6ccccc6c45)NC(c4cc(-c5ccccc5)cc5oc6cc7ccccc7cc6c45)=N3)cc2)cc1. The molecule has 8 aromatic carbocycles. The second-order valence-electron chi connectivity index (χ2n) is 13.8. The van der Waals surface area contributed by atoms with Crippen LogP contribution in [0.5, 0.6) is 0 Å². The zero-order valence-corrected chi connectivity index (χ0v) is 29.8. The van der Waals surface area contributed by atoms with E-state index in [0.717, 1.165) is 66.5 Å². The summed E-state index contributed by atoms with van der Waals surface area (Å²) in [7, 11) is 0. The van der Waals surface area contributed by atoms with E-state index in [1.807, 2.05) is 23.5 Å². The second-order valence-corrected chi connectivity index (χ2v) is 14.9. The monoisotopic (exact) mass is 709 g/mol. The lowest BCUT2D eigenvalue weighted by Crippen LogP contribution is -2.33. The number of benzene rings is 8. The standard InChI is InChI=1S/C49H31N3OS/c1-3-12-30(13-4-1)32-22-24-33(25-23-32)47-50-48(38-19-11-21-44-46(38)37-18-9-10-20-43(37)54-44)52-49(51-47)40-27-36(31-14-5-2-6-15-31)29-42-45(40)39-26-34-16-7-8-17-35(34)28-41(39)53-42/h1-29,48H,(H,50,51,52). The van der Waals surface area contributed by atoms with Gasteiger partial charge in [0.1, 0.15) is 23.2 Å². The highest BCUT2D eigenvalue weighted by molar-refractivity contribution is 7.25. The lowest BCUT2D eigenvalue weighted by molar-refractivity contribution is 0.669. The number of nitrogens with zero attached hydrogens (tertiary/aromatic N) is 2. The topological polar surface area (TPSA) is 49.9 Å². The van der Waals surface area contributed by atoms with Gasteiger partial charge in [0.25, 0.3) is 0 Å². The smallest absolute Gasteiger partial charge is 0.159 e. The zero-order valence-electron chi connectivity index (χ0n) is 29.0. The van der Waals surface area contributed by atoms with E-state index in [9.17, 15) is 0 Å². The first kappa shape index (κ1) is 30.8. The van der Waals surface area contributed by atoms with Crippen molar-refractivity contribution in [1.82, 2.24) is 5.32 Å².